The molecule has 2 amide bonds. The van der Waals surface area contributed by atoms with Gasteiger partial charge in [0.25, 0.3) is 5.91 Å². The Kier molecular flexibility index (Phi) is 7.63. The maximum atomic E-state index is 13.7. The fourth-order valence-electron chi connectivity index (χ4n) is 2.42. The molecule has 0 spiro atoms. The van der Waals surface area contributed by atoms with E-state index in [9.17, 15) is 14.0 Å². The first kappa shape index (κ1) is 20.4. The Morgan fingerprint density at radius 1 is 1.29 bits per heavy atom. The van der Waals surface area contributed by atoms with Crippen molar-refractivity contribution >= 4 is 24.2 Å². The van der Waals surface area contributed by atoms with E-state index in [1.54, 1.807) is 6.07 Å². The first-order chi connectivity index (χ1) is 10.9. The van der Waals surface area contributed by atoms with Gasteiger partial charge in [0.05, 0.1) is 5.56 Å². The topological polar surface area (TPSA) is 84.2 Å². The van der Waals surface area contributed by atoms with E-state index in [-0.39, 0.29) is 35.8 Å². The van der Waals surface area contributed by atoms with Crippen LogP contribution in [0.25, 0.3) is 0 Å². The minimum Gasteiger partial charge on any atom is -0.353 e. The summed E-state index contributed by atoms with van der Waals surface area (Å²) in [6, 6.07) is 4.93. The molecule has 1 aromatic rings. The number of amides is 2. The van der Waals surface area contributed by atoms with Crippen molar-refractivity contribution in [3.05, 3.63) is 35.6 Å². The molecule has 1 aromatic carbocycles. The number of halogens is 2. The average molecular weight is 358 g/mol. The molecule has 4 N–H and O–H groups in total. The highest BCUT2D eigenvalue weighted by Crippen LogP contribution is 2.31. The molecule has 134 valence electrons. The van der Waals surface area contributed by atoms with Crippen LogP contribution in [-0.2, 0) is 4.79 Å². The molecule has 0 heterocycles. The van der Waals surface area contributed by atoms with Crippen molar-refractivity contribution in [1.29, 1.82) is 0 Å². The summed E-state index contributed by atoms with van der Waals surface area (Å²) in [7, 11) is 0. The van der Waals surface area contributed by atoms with Crippen LogP contribution in [-0.4, -0.2) is 30.4 Å². The number of nitrogens with two attached hydrogens (primary N) is 1. The number of nitrogens with one attached hydrogen (secondary N) is 2. The van der Waals surface area contributed by atoms with Gasteiger partial charge in [0.1, 0.15) is 11.9 Å². The number of hydrogen-bond acceptors (Lipinski definition) is 3. The fourth-order valence-corrected chi connectivity index (χ4v) is 2.42. The van der Waals surface area contributed by atoms with Gasteiger partial charge in [-0.1, -0.05) is 26.0 Å². The normalized spacial score (nSPS) is 16.0. The quantitative estimate of drug-likeness (QED) is 0.696. The van der Waals surface area contributed by atoms with Crippen LogP contribution in [0.1, 0.15) is 37.0 Å². The van der Waals surface area contributed by atoms with Gasteiger partial charge < -0.3 is 16.4 Å². The van der Waals surface area contributed by atoms with Crippen LogP contribution in [0, 0.1) is 17.7 Å². The van der Waals surface area contributed by atoms with E-state index < -0.39 is 17.8 Å². The van der Waals surface area contributed by atoms with Crippen molar-refractivity contribution in [3.8, 4) is 0 Å². The van der Waals surface area contributed by atoms with Crippen LogP contribution in [0.5, 0.6) is 0 Å². The molecule has 0 aliphatic heterocycles. The molecule has 2 unspecified atom stereocenters. The lowest BCUT2D eigenvalue weighted by molar-refractivity contribution is -0.124. The minimum atomic E-state index is -0.728. The lowest BCUT2D eigenvalue weighted by Gasteiger charge is -2.23. The van der Waals surface area contributed by atoms with Crippen LogP contribution >= 0.6 is 12.4 Å². The summed E-state index contributed by atoms with van der Waals surface area (Å²) < 4.78 is 13.7. The average Bonchev–Trinajstić information content (AvgIpc) is 3.34. The molecule has 0 radical (unpaired) electrons. The zero-order chi connectivity index (χ0) is 17.0. The Morgan fingerprint density at radius 2 is 1.92 bits per heavy atom. The fraction of sp³-hybridized carbons (Fsp3) is 0.529. The van der Waals surface area contributed by atoms with Crippen molar-refractivity contribution in [1.82, 2.24) is 10.6 Å². The molecule has 1 fully saturated rings. The predicted molar refractivity (Wildman–Crippen MR) is 93.4 cm³/mol. The lowest BCUT2D eigenvalue weighted by atomic mass is 10.0. The first-order valence-corrected chi connectivity index (χ1v) is 7.98. The molecule has 5 nitrogen and oxygen atoms in total. The van der Waals surface area contributed by atoms with Gasteiger partial charge >= 0.3 is 0 Å². The Hall–Kier alpha value is -1.66. The molecule has 2 atom stereocenters. The first-order valence-electron chi connectivity index (χ1n) is 7.98. The second-order valence-corrected chi connectivity index (χ2v) is 6.42. The molecular weight excluding hydrogens is 333 g/mol. The zero-order valence-corrected chi connectivity index (χ0v) is 14.7. The van der Waals surface area contributed by atoms with Crippen molar-refractivity contribution in [3.63, 3.8) is 0 Å². The predicted octanol–water partition coefficient (Wildman–Crippen LogP) is 1.86. The summed E-state index contributed by atoms with van der Waals surface area (Å²) in [5, 5.41) is 5.39. The maximum Gasteiger partial charge on any atom is 0.254 e. The van der Waals surface area contributed by atoms with Crippen molar-refractivity contribution < 1.29 is 14.0 Å². The number of benzene rings is 1. The monoisotopic (exact) mass is 357 g/mol. The molecule has 0 aromatic heterocycles. The molecule has 1 aliphatic rings. The highest BCUT2D eigenvalue weighted by atomic mass is 35.5. The molecule has 7 heteroatoms. The van der Waals surface area contributed by atoms with E-state index in [2.05, 4.69) is 10.6 Å². The summed E-state index contributed by atoms with van der Waals surface area (Å²) >= 11 is 0. The lowest BCUT2D eigenvalue weighted by Crippen LogP contribution is -2.52. The third-order valence-electron chi connectivity index (χ3n) is 4.09. The second kappa shape index (κ2) is 8.99. The van der Waals surface area contributed by atoms with Crippen molar-refractivity contribution in [2.24, 2.45) is 17.6 Å². The van der Waals surface area contributed by atoms with Crippen molar-refractivity contribution in [2.45, 2.75) is 38.8 Å². The summed E-state index contributed by atoms with van der Waals surface area (Å²) in [5.74, 6) is -1.13. The third kappa shape index (κ3) is 5.46. The van der Waals surface area contributed by atoms with Crippen LogP contribution in [0.4, 0.5) is 4.39 Å². The second-order valence-electron chi connectivity index (χ2n) is 6.42. The van der Waals surface area contributed by atoms with Crippen LogP contribution < -0.4 is 16.4 Å². The van der Waals surface area contributed by atoms with E-state index in [1.807, 2.05) is 13.8 Å². The summed E-state index contributed by atoms with van der Waals surface area (Å²) in [6.45, 7) is 4.04. The SMILES string of the molecule is CC(C)C(NC(=O)c1ccccc1F)C(=O)NCC(N)C1CC1.Cl. The van der Waals surface area contributed by atoms with E-state index >= 15 is 0 Å². The van der Waals surface area contributed by atoms with Gasteiger partial charge in [0.2, 0.25) is 5.91 Å². The van der Waals surface area contributed by atoms with Gasteiger partial charge in [-0.15, -0.1) is 12.4 Å². The minimum absolute atomic E-state index is 0. The number of carbonyl (C=O) groups excluding carboxylic acids is 2. The summed E-state index contributed by atoms with van der Waals surface area (Å²) in [6.07, 6.45) is 2.21. The summed E-state index contributed by atoms with van der Waals surface area (Å²) in [5.41, 5.74) is 5.90. The van der Waals surface area contributed by atoms with Crippen LogP contribution in [0.3, 0.4) is 0 Å². The van der Waals surface area contributed by atoms with Gasteiger partial charge in [-0.25, -0.2) is 4.39 Å². The van der Waals surface area contributed by atoms with Crippen molar-refractivity contribution in [2.75, 3.05) is 6.54 Å². The molecule has 24 heavy (non-hydrogen) atoms. The van der Waals surface area contributed by atoms with E-state index in [4.69, 9.17) is 5.73 Å². The zero-order valence-electron chi connectivity index (χ0n) is 13.9. The molecule has 2 rings (SSSR count). The van der Waals surface area contributed by atoms with E-state index in [1.165, 1.54) is 18.2 Å². The van der Waals surface area contributed by atoms with Gasteiger partial charge in [-0.05, 0) is 36.8 Å². The molecule has 0 bridgehead atoms. The van der Waals surface area contributed by atoms with Crippen LogP contribution in [0.2, 0.25) is 0 Å². The largest absolute Gasteiger partial charge is 0.353 e. The van der Waals surface area contributed by atoms with Gasteiger partial charge in [0.15, 0.2) is 0 Å². The third-order valence-corrected chi connectivity index (χ3v) is 4.09. The highest BCUT2D eigenvalue weighted by molar-refractivity contribution is 5.97. The van der Waals surface area contributed by atoms with E-state index in [0.29, 0.717) is 12.5 Å². The Labute approximate surface area is 148 Å². The highest BCUT2D eigenvalue weighted by Gasteiger charge is 2.30. The molecule has 1 saturated carbocycles. The Morgan fingerprint density at radius 3 is 2.46 bits per heavy atom. The summed E-state index contributed by atoms with van der Waals surface area (Å²) in [4.78, 5) is 24.5. The van der Waals surface area contributed by atoms with Gasteiger partial charge in [0, 0.05) is 12.6 Å². The number of carbonyl (C=O) groups is 2. The molecular formula is C17H25ClFN3O2. The maximum absolute atomic E-state index is 13.7. The van der Waals surface area contributed by atoms with E-state index in [0.717, 1.165) is 12.8 Å². The Balaban J connectivity index is 0.00000288. The van der Waals surface area contributed by atoms with Gasteiger partial charge in [-0.3, -0.25) is 9.59 Å². The Bertz CT molecular complexity index is 579. The molecule has 0 saturated heterocycles. The number of hydrogen-bond donors (Lipinski definition) is 3. The molecule has 1 aliphatic carbocycles. The van der Waals surface area contributed by atoms with Gasteiger partial charge in [-0.2, -0.15) is 0 Å². The van der Waals surface area contributed by atoms with Crippen LogP contribution in [0.15, 0.2) is 24.3 Å². The number of rotatable bonds is 7. The smallest absolute Gasteiger partial charge is 0.254 e. The standard InChI is InChI=1S/C17H24FN3O2.ClH/c1-10(2)15(17(23)20-9-14(19)11-7-8-11)21-16(22)12-5-3-4-6-13(12)18;/h3-6,10-11,14-15H,7-9,19H2,1-2H3,(H,20,23)(H,21,22);1H.